The number of carbonyl (C=O) groups is 2. The van der Waals surface area contributed by atoms with Gasteiger partial charge in [0.1, 0.15) is 11.6 Å². The number of hydrogen-bond donors (Lipinski definition) is 4. The van der Waals surface area contributed by atoms with E-state index in [2.05, 4.69) is 22.8 Å². The van der Waals surface area contributed by atoms with Gasteiger partial charge in [0.05, 0.1) is 19.3 Å². The number of hydrogen-bond acceptors (Lipinski definition) is 7. The van der Waals surface area contributed by atoms with Crippen LogP contribution in [0, 0.1) is 0 Å². The molecule has 2 atom stereocenters. The van der Waals surface area contributed by atoms with Crippen LogP contribution in [-0.2, 0) is 19.0 Å². The Bertz CT molecular complexity index is 1030. The van der Waals surface area contributed by atoms with Crippen molar-refractivity contribution >= 4 is 12.1 Å². The smallest absolute Gasteiger partial charge is 0.407 e. The van der Waals surface area contributed by atoms with Gasteiger partial charge in [-0.05, 0) is 55.9 Å². The van der Waals surface area contributed by atoms with Crippen LogP contribution < -0.4 is 10.6 Å². The third-order valence-electron chi connectivity index (χ3n) is 6.34. The lowest BCUT2D eigenvalue weighted by atomic mass is 9.89. The molecular formula is C27H34N2O7. The summed E-state index contributed by atoms with van der Waals surface area (Å²) in [6.07, 6.45) is -1.02. The normalized spacial score (nSPS) is 20.6. The van der Waals surface area contributed by atoms with Gasteiger partial charge in [-0.1, -0.05) is 48.5 Å². The number of alkyl carbamates (subject to hydrolysis) is 1. The van der Waals surface area contributed by atoms with Crippen LogP contribution in [-0.4, -0.2) is 65.7 Å². The number of nitrogens with one attached hydrogen (secondary N) is 2. The van der Waals surface area contributed by atoms with Gasteiger partial charge in [-0.25, -0.2) is 4.79 Å². The molecule has 0 bridgehead atoms. The van der Waals surface area contributed by atoms with Crippen molar-refractivity contribution in [1.29, 1.82) is 0 Å². The van der Waals surface area contributed by atoms with Crippen molar-refractivity contribution in [3.63, 3.8) is 0 Å². The van der Waals surface area contributed by atoms with Crippen molar-refractivity contribution in [2.75, 3.05) is 13.2 Å². The molecule has 9 heteroatoms. The quantitative estimate of drug-likeness (QED) is 0.368. The van der Waals surface area contributed by atoms with E-state index in [4.69, 9.17) is 14.2 Å². The van der Waals surface area contributed by atoms with Gasteiger partial charge in [0.25, 0.3) is 0 Å². The molecule has 36 heavy (non-hydrogen) atoms. The fourth-order valence-electron chi connectivity index (χ4n) is 4.56. The summed E-state index contributed by atoms with van der Waals surface area (Å²) >= 11 is 0. The van der Waals surface area contributed by atoms with Crippen molar-refractivity contribution in [3.8, 4) is 11.1 Å². The van der Waals surface area contributed by atoms with Crippen LogP contribution >= 0.6 is 0 Å². The van der Waals surface area contributed by atoms with Gasteiger partial charge in [-0.2, -0.15) is 0 Å². The molecule has 0 radical (unpaired) electrons. The summed E-state index contributed by atoms with van der Waals surface area (Å²) in [6.45, 7) is 5.43. The first-order chi connectivity index (χ1) is 17.1. The number of aliphatic hydroxyl groups is 1. The Kier molecular flexibility index (Phi) is 7.94. The number of aliphatic carboxylic acids is 1. The first-order valence-electron chi connectivity index (χ1n) is 12.2. The molecule has 0 aromatic heterocycles. The van der Waals surface area contributed by atoms with Crippen LogP contribution in [0.15, 0.2) is 48.5 Å². The predicted octanol–water partition coefficient (Wildman–Crippen LogP) is 3.21. The Hall–Kier alpha value is -2.98. The van der Waals surface area contributed by atoms with Crippen LogP contribution in [0.4, 0.5) is 4.79 Å². The summed E-state index contributed by atoms with van der Waals surface area (Å²) < 4.78 is 16.5. The number of carbonyl (C=O) groups excluding carboxylic acids is 1. The number of carboxylic acids is 1. The molecule has 1 unspecified atom stereocenters. The second-order valence-corrected chi connectivity index (χ2v) is 10.2. The van der Waals surface area contributed by atoms with Gasteiger partial charge in [0.2, 0.25) is 6.41 Å². The van der Waals surface area contributed by atoms with Gasteiger partial charge < -0.3 is 29.7 Å². The van der Waals surface area contributed by atoms with E-state index in [9.17, 15) is 19.8 Å². The summed E-state index contributed by atoms with van der Waals surface area (Å²) in [5, 5.41) is 25.3. The average Bonchev–Trinajstić information content (AvgIpc) is 3.10. The number of amides is 1. The highest BCUT2D eigenvalue weighted by Crippen LogP contribution is 2.44. The number of fused-ring (bicyclic) bond motifs is 3. The van der Waals surface area contributed by atoms with E-state index in [1.165, 1.54) is 0 Å². The number of benzene rings is 2. The van der Waals surface area contributed by atoms with Crippen LogP contribution in [0.25, 0.3) is 11.1 Å². The summed E-state index contributed by atoms with van der Waals surface area (Å²) in [5.41, 5.74) is 3.94. The SMILES string of the molecule is CC(C)(C)OC(=O)N[C@H]1C[C@H](OC[C@@H](NC(O)OCC2c3ccccc3-c3ccccc32)C(=O)O)C1. The maximum atomic E-state index is 11.8. The molecule has 4 N–H and O–H groups in total. The first kappa shape index (κ1) is 26.1. The van der Waals surface area contributed by atoms with Gasteiger partial charge in [0, 0.05) is 12.0 Å². The minimum Gasteiger partial charge on any atom is -0.480 e. The number of ether oxygens (including phenoxy) is 3. The number of carboxylic acid groups (broad SMARTS) is 1. The second kappa shape index (κ2) is 11.0. The summed E-state index contributed by atoms with van der Waals surface area (Å²) in [5.74, 6) is -1.21. The van der Waals surface area contributed by atoms with Gasteiger partial charge in [-0.3, -0.25) is 10.1 Å². The fourth-order valence-corrected chi connectivity index (χ4v) is 4.56. The Morgan fingerprint density at radius 3 is 2.17 bits per heavy atom. The second-order valence-electron chi connectivity index (χ2n) is 10.2. The van der Waals surface area contributed by atoms with Crippen molar-refractivity contribution in [2.45, 2.75) is 69.7 Å². The van der Waals surface area contributed by atoms with E-state index >= 15 is 0 Å². The Labute approximate surface area is 210 Å². The summed E-state index contributed by atoms with van der Waals surface area (Å²) in [7, 11) is 0. The van der Waals surface area contributed by atoms with E-state index < -0.39 is 30.1 Å². The zero-order valence-electron chi connectivity index (χ0n) is 20.8. The lowest BCUT2D eigenvalue weighted by Crippen LogP contribution is -2.52. The Morgan fingerprint density at radius 1 is 1.03 bits per heavy atom. The maximum absolute atomic E-state index is 11.8. The van der Waals surface area contributed by atoms with E-state index in [1.54, 1.807) is 20.8 Å². The van der Waals surface area contributed by atoms with Gasteiger partial charge >= 0.3 is 12.1 Å². The number of aliphatic hydroxyl groups excluding tert-OH is 1. The highest BCUT2D eigenvalue weighted by atomic mass is 16.6. The minimum atomic E-state index is -1.47. The topological polar surface area (TPSA) is 126 Å². The Balaban J connectivity index is 1.23. The Morgan fingerprint density at radius 2 is 1.61 bits per heavy atom. The van der Waals surface area contributed by atoms with Gasteiger partial charge in [0.15, 0.2) is 0 Å². The predicted molar refractivity (Wildman–Crippen MR) is 132 cm³/mol. The zero-order chi connectivity index (χ0) is 25.9. The molecule has 0 spiro atoms. The molecule has 9 nitrogen and oxygen atoms in total. The van der Waals surface area contributed by atoms with Crippen LogP contribution in [0.3, 0.4) is 0 Å². The molecule has 194 valence electrons. The molecule has 0 saturated heterocycles. The van der Waals surface area contributed by atoms with E-state index in [0.717, 1.165) is 22.3 Å². The molecule has 0 heterocycles. The first-order valence-corrected chi connectivity index (χ1v) is 12.2. The molecule has 2 aliphatic carbocycles. The molecule has 4 rings (SSSR count). The third kappa shape index (κ3) is 6.41. The van der Waals surface area contributed by atoms with Crippen molar-refractivity contribution in [1.82, 2.24) is 10.6 Å². The largest absolute Gasteiger partial charge is 0.480 e. The van der Waals surface area contributed by atoms with Gasteiger partial charge in [-0.15, -0.1) is 0 Å². The lowest BCUT2D eigenvalue weighted by molar-refractivity contribution is -0.158. The minimum absolute atomic E-state index is 0.0576. The van der Waals surface area contributed by atoms with Crippen LogP contribution in [0.5, 0.6) is 0 Å². The average molecular weight is 499 g/mol. The van der Waals surface area contributed by atoms with Crippen LogP contribution in [0.1, 0.15) is 50.7 Å². The van der Waals surface area contributed by atoms with Crippen molar-refractivity contribution in [2.24, 2.45) is 0 Å². The third-order valence-corrected chi connectivity index (χ3v) is 6.34. The lowest BCUT2D eigenvalue weighted by Gasteiger charge is -2.36. The van der Waals surface area contributed by atoms with E-state index in [1.807, 2.05) is 36.4 Å². The van der Waals surface area contributed by atoms with E-state index in [-0.39, 0.29) is 31.3 Å². The van der Waals surface area contributed by atoms with Crippen LogP contribution in [0.2, 0.25) is 0 Å². The molecule has 1 amide bonds. The zero-order valence-corrected chi connectivity index (χ0v) is 20.8. The molecule has 1 saturated carbocycles. The molecule has 2 aromatic carbocycles. The highest BCUT2D eigenvalue weighted by molar-refractivity contribution is 5.78. The molecule has 2 aliphatic rings. The number of rotatable bonds is 10. The molecular weight excluding hydrogens is 464 g/mol. The fraction of sp³-hybridized carbons (Fsp3) is 0.481. The monoisotopic (exact) mass is 498 g/mol. The standard InChI is InChI=1S/C27H34N2O7/c1-27(2,3)36-26(33)28-16-12-17(13-16)34-15-23(24(30)31)29-25(32)35-14-22-20-10-6-4-8-18(20)19-9-5-7-11-21(19)22/h4-11,16-17,22-23,25,29,32H,12-15H2,1-3H3,(H,28,33)(H,30,31)/t16-,17-,23-,25?/m1/s1. The summed E-state index contributed by atoms with van der Waals surface area (Å²) in [4.78, 5) is 23.5. The van der Waals surface area contributed by atoms with Crippen molar-refractivity contribution < 1.29 is 34.0 Å². The highest BCUT2D eigenvalue weighted by Gasteiger charge is 2.34. The van der Waals surface area contributed by atoms with Crippen molar-refractivity contribution in [3.05, 3.63) is 59.7 Å². The maximum Gasteiger partial charge on any atom is 0.407 e. The molecule has 0 aliphatic heterocycles. The van der Waals surface area contributed by atoms with E-state index in [0.29, 0.717) is 12.8 Å². The molecule has 1 fully saturated rings. The summed E-state index contributed by atoms with van der Waals surface area (Å²) in [6, 6.07) is 14.9. The molecule has 2 aromatic rings.